The largest absolute Gasteiger partial charge is 0.366 e. The Morgan fingerprint density at radius 1 is 0.933 bits per heavy atom. The molecule has 2 aliphatic heterocycles. The van der Waals surface area contributed by atoms with Gasteiger partial charge < -0.3 is 9.80 Å². The van der Waals surface area contributed by atoms with Crippen molar-refractivity contribution in [2.24, 2.45) is 0 Å². The lowest BCUT2D eigenvalue weighted by Crippen LogP contribution is -2.43. The van der Waals surface area contributed by atoms with Crippen LogP contribution in [0, 0.1) is 0 Å². The van der Waals surface area contributed by atoms with E-state index in [2.05, 4.69) is 11.9 Å². The van der Waals surface area contributed by atoms with Gasteiger partial charge in [0.05, 0.1) is 21.3 Å². The number of nitrogens with zero attached hydrogens (tertiary/aromatic N) is 3. The van der Waals surface area contributed by atoms with Gasteiger partial charge in [0.2, 0.25) is 0 Å². The van der Waals surface area contributed by atoms with Crippen LogP contribution in [0.5, 0.6) is 0 Å². The maximum Gasteiger partial charge on any atom is 0.282 e. The molecule has 156 valence electrons. The molecule has 30 heavy (non-hydrogen) atoms. The molecule has 5 nitrogen and oxygen atoms in total. The van der Waals surface area contributed by atoms with Gasteiger partial charge in [0.1, 0.15) is 5.70 Å². The molecule has 0 saturated carbocycles. The van der Waals surface area contributed by atoms with Crippen molar-refractivity contribution in [1.29, 1.82) is 0 Å². The molecule has 7 heteroatoms. The lowest BCUT2D eigenvalue weighted by atomic mass is 10.0. The Morgan fingerprint density at radius 3 is 2.27 bits per heavy atom. The zero-order valence-electron chi connectivity index (χ0n) is 16.9. The van der Waals surface area contributed by atoms with Gasteiger partial charge in [-0.25, -0.2) is 4.90 Å². The van der Waals surface area contributed by atoms with Crippen LogP contribution >= 0.6 is 23.2 Å². The highest BCUT2D eigenvalue weighted by atomic mass is 35.5. The molecule has 0 aromatic heterocycles. The number of likely N-dealkylation sites (N-methyl/N-ethyl adjacent to an activating group) is 1. The number of anilines is 1. The average Bonchev–Trinajstić information content (AvgIpc) is 3.01. The van der Waals surface area contributed by atoms with Crippen molar-refractivity contribution in [2.45, 2.75) is 18.9 Å². The standard InChI is InChI=1S/C23H23Cl2N3O2/c1-26-13-11-16(12-14-26)27(2)21-19(15-7-4-3-5-8-15)22(29)28(23(21)30)18-10-6-9-17(24)20(18)25/h3-10,16H,11-14H2,1-2H3. The number of amides is 2. The van der Waals surface area contributed by atoms with Gasteiger partial charge in [-0.15, -0.1) is 0 Å². The van der Waals surface area contributed by atoms with E-state index in [1.165, 1.54) is 0 Å². The molecule has 1 saturated heterocycles. The number of hydrogen-bond donors (Lipinski definition) is 0. The van der Waals surface area contributed by atoms with Gasteiger partial charge in [-0.2, -0.15) is 0 Å². The first-order valence-corrected chi connectivity index (χ1v) is 10.7. The highest BCUT2D eigenvalue weighted by molar-refractivity contribution is 6.49. The Balaban J connectivity index is 1.80. The molecule has 4 rings (SSSR count). The van der Waals surface area contributed by atoms with Crippen LogP contribution in [0.4, 0.5) is 5.69 Å². The number of likely N-dealkylation sites (tertiary alicyclic amines) is 1. The predicted molar refractivity (Wildman–Crippen MR) is 121 cm³/mol. The van der Waals surface area contributed by atoms with Crippen molar-refractivity contribution in [3.8, 4) is 0 Å². The van der Waals surface area contributed by atoms with E-state index in [1.54, 1.807) is 18.2 Å². The summed E-state index contributed by atoms with van der Waals surface area (Å²) in [7, 11) is 4.00. The summed E-state index contributed by atoms with van der Waals surface area (Å²) in [6.45, 7) is 1.91. The first-order chi connectivity index (χ1) is 14.4. The normalized spacial score (nSPS) is 18.5. The molecule has 2 amide bonds. The van der Waals surface area contributed by atoms with Crippen LogP contribution < -0.4 is 4.90 Å². The summed E-state index contributed by atoms with van der Waals surface area (Å²) >= 11 is 12.5. The molecule has 0 bridgehead atoms. The van der Waals surface area contributed by atoms with E-state index in [9.17, 15) is 9.59 Å². The fraction of sp³-hybridized carbons (Fsp3) is 0.304. The Morgan fingerprint density at radius 2 is 1.60 bits per heavy atom. The zero-order valence-corrected chi connectivity index (χ0v) is 18.5. The molecule has 0 N–H and O–H groups in total. The number of imide groups is 1. The van der Waals surface area contributed by atoms with E-state index in [0.717, 1.165) is 30.8 Å². The molecule has 0 unspecified atom stereocenters. The second kappa shape index (κ2) is 8.42. The minimum absolute atomic E-state index is 0.182. The Hall–Kier alpha value is -2.34. The maximum absolute atomic E-state index is 13.6. The monoisotopic (exact) mass is 443 g/mol. The minimum atomic E-state index is -0.384. The SMILES string of the molecule is CN1CCC(N(C)C2=C(c3ccccc3)C(=O)N(c3cccc(Cl)c3Cl)C2=O)CC1. The van der Waals surface area contributed by atoms with E-state index >= 15 is 0 Å². The van der Waals surface area contributed by atoms with E-state index in [-0.39, 0.29) is 22.9 Å². The molecule has 2 aromatic rings. The third-order valence-electron chi connectivity index (χ3n) is 5.88. The second-order valence-electron chi connectivity index (χ2n) is 7.75. The molecule has 1 fully saturated rings. The Kier molecular flexibility index (Phi) is 5.87. The third-order valence-corrected chi connectivity index (χ3v) is 6.69. The number of hydrogen-bond acceptors (Lipinski definition) is 4. The highest BCUT2D eigenvalue weighted by Gasteiger charge is 2.44. The number of piperidine rings is 1. The summed E-state index contributed by atoms with van der Waals surface area (Å²) in [5.41, 5.74) is 1.83. The van der Waals surface area contributed by atoms with Crippen molar-refractivity contribution in [1.82, 2.24) is 9.80 Å². The quantitative estimate of drug-likeness (QED) is 0.660. The van der Waals surface area contributed by atoms with Gasteiger partial charge in [0.15, 0.2) is 0 Å². The molecule has 0 radical (unpaired) electrons. The number of rotatable bonds is 4. The molecule has 0 aliphatic carbocycles. The van der Waals surface area contributed by atoms with Crippen molar-refractivity contribution in [3.63, 3.8) is 0 Å². The van der Waals surface area contributed by atoms with E-state index in [0.29, 0.717) is 27.5 Å². The molecule has 2 aliphatic rings. The lowest BCUT2D eigenvalue weighted by molar-refractivity contribution is -0.120. The molecular formula is C23H23Cl2N3O2. The van der Waals surface area contributed by atoms with Crippen LogP contribution in [-0.4, -0.2) is 54.8 Å². The zero-order chi connectivity index (χ0) is 21.4. The smallest absolute Gasteiger partial charge is 0.282 e. The summed E-state index contributed by atoms with van der Waals surface area (Å²) in [6, 6.07) is 14.5. The number of carbonyl (C=O) groups is 2. The van der Waals surface area contributed by atoms with Crippen LogP contribution in [0.15, 0.2) is 54.2 Å². The van der Waals surface area contributed by atoms with Crippen molar-refractivity contribution in [3.05, 3.63) is 69.8 Å². The maximum atomic E-state index is 13.6. The number of halogens is 2. The van der Waals surface area contributed by atoms with Gasteiger partial charge in [0, 0.05) is 13.1 Å². The first kappa shape index (κ1) is 20.9. The summed E-state index contributed by atoms with van der Waals surface area (Å²) in [4.78, 5) is 32.6. The third kappa shape index (κ3) is 3.62. The highest BCUT2D eigenvalue weighted by Crippen LogP contribution is 2.40. The predicted octanol–water partition coefficient (Wildman–Crippen LogP) is 4.30. The van der Waals surface area contributed by atoms with Crippen LogP contribution in [-0.2, 0) is 9.59 Å². The van der Waals surface area contributed by atoms with Crippen molar-refractivity contribution in [2.75, 3.05) is 32.1 Å². The topological polar surface area (TPSA) is 43.9 Å². The van der Waals surface area contributed by atoms with Crippen LogP contribution in [0.2, 0.25) is 10.0 Å². The average molecular weight is 444 g/mol. The van der Waals surface area contributed by atoms with E-state index in [1.807, 2.05) is 42.3 Å². The molecule has 2 aromatic carbocycles. The fourth-order valence-corrected chi connectivity index (χ4v) is 4.54. The second-order valence-corrected chi connectivity index (χ2v) is 8.54. The first-order valence-electron chi connectivity index (χ1n) is 9.94. The van der Waals surface area contributed by atoms with E-state index in [4.69, 9.17) is 23.2 Å². The van der Waals surface area contributed by atoms with Gasteiger partial charge >= 0.3 is 0 Å². The van der Waals surface area contributed by atoms with Crippen LogP contribution in [0.25, 0.3) is 5.57 Å². The molecule has 0 atom stereocenters. The molecule has 2 heterocycles. The molecular weight excluding hydrogens is 421 g/mol. The summed E-state index contributed by atoms with van der Waals surface area (Å²) in [5.74, 6) is -0.755. The Labute approximate surface area is 186 Å². The van der Waals surface area contributed by atoms with Gasteiger partial charge in [-0.05, 0) is 50.7 Å². The van der Waals surface area contributed by atoms with Crippen molar-refractivity contribution < 1.29 is 9.59 Å². The lowest BCUT2D eigenvalue weighted by Gasteiger charge is -2.36. The summed E-state index contributed by atoms with van der Waals surface area (Å²) in [6.07, 6.45) is 1.86. The minimum Gasteiger partial charge on any atom is -0.366 e. The van der Waals surface area contributed by atoms with Gasteiger partial charge in [-0.1, -0.05) is 59.6 Å². The summed E-state index contributed by atoms with van der Waals surface area (Å²) in [5, 5.41) is 0.490. The molecule has 0 spiro atoms. The van der Waals surface area contributed by atoms with Crippen LogP contribution in [0.3, 0.4) is 0 Å². The number of benzene rings is 2. The van der Waals surface area contributed by atoms with Gasteiger partial charge in [-0.3, -0.25) is 9.59 Å². The van der Waals surface area contributed by atoms with Crippen molar-refractivity contribution >= 4 is 46.3 Å². The fourth-order valence-electron chi connectivity index (χ4n) is 4.16. The van der Waals surface area contributed by atoms with Gasteiger partial charge in [0.25, 0.3) is 11.8 Å². The summed E-state index contributed by atoms with van der Waals surface area (Å²) < 4.78 is 0. The van der Waals surface area contributed by atoms with E-state index < -0.39 is 0 Å². The number of carbonyl (C=O) groups excluding carboxylic acids is 2. The Bertz CT molecular complexity index is 1010. The van der Waals surface area contributed by atoms with Crippen LogP contribution in [0.1, 0.15) is 18.4 Å².